The predicted molar refractivity (Wildman–Crippen MR) is 96.2 cm³/mol. The molecule has 3 aromatic rings. The molecule has 0 spiro atoms. The second-order valence-electron chi connectivity index (χ2n) is 5.08. The van der Waals surface area contributed by atoms with Gasteiger partial charge in [-0.1, -0.05) is 53.8 Å². The third-order valence-electron chi connectivity index (χ3n) is 3.27. The Labute approximate surface area is 143 Å². The molecule has 24 heavy (non-hydrogen) atoms. The van der Waals surface area contributed by atoms with Gasteiger partial charge in [-0.3, -0.25) is 14.9 Å². The molecular formula is C18H15N3O2S. The van der Waals surface area contributed by atoms with Crippen LogP contribution >= 0.6 is 11.3 Å². The Hall–Kier alpha value is -2.99. The van der Waals surface area contributed by atoms with Crippen molar-refractivity contribution < 1.29 is 9.59 Å². The Bertz CT molecular complexity index is 875. The first kappa shape index (κ1) is 15.9. The van der Waals surface area contributed by atoms with E-state index in [-0.39, 0.29) is 11.8 Å². The standard InChI is InChI=1S/C18H15N3O2S/c1-12(22)20-15-10-6-5-9-14(15)17(23)21-18-19-11-16(24-18)13-7-3-2-4-8-13/h2-11H,1H3,(H,20,22)(H,19,21,23). The molecule has 0 radical (unpaired) electrons. The summed E-state index contributed by atoms with van der Waals surface area (Å²) in [5, 5.41) is 5.94. The first-order chi connectivity index (χ1) is 11.6. The lowest BCUT2D eigenvalue weighted by Gasteiger charge is -2.08. The van der Waals surface area contributed by atoms with E-state index in [1.807, 2.05) is 30.3 Å². The quantitative estimate of drug-likeness (QED) is 0.755. The molecule has 0 aliphatic carbocycles. The highest BCUT2D eigenvalue weighted by atomic mass is 32.1. The summed E-state index contributed by atoms with van der Waals surface area (Å²) in [6, 6.07) is 16.7. The van der Waals surface area contributed by atoms with Gasteiger partial charge < -0.3 is 5.32 Å². The highest BCUT2D eigenvalue weighted by Crippen LogP contribution is 2.29. The van der Waals surface area contributed by atoms with Crippen LogP contribution in [0.25, 0.3) is 10.4 Å². The monoisotopic (exact) mass is 337 g/mol. The lowest BCUT2D eigenvalue weighted by Crippen LogP contribution is -2.16. The number of para-hydroxylation sites is 1. The molecule has 6 heteroatoms. The van der Waals surface area contributed by atoms with E-state index in [9.17, 15) is 9.59 Å². The van der Waals surface area contributed by atoms with Crippen LogP contribution in [0.1, 0.15) is 17.3 Å². The third kappa shape index (κ3) is 3.67. The van der Waals surface area contributed by atoms with Crippen molar-refractivity contribution in [1.29, 1.82) is 0 Å². The summed E-state index contributed by atoms with van der Waals surface area (Å²) in [7, 11) is 0. The van der Waals surface area contributed by atoms with Crippen LogP contribution in [0.5, 0.6) is 0 Å². The average Bonchev–Trinajstić information content (AvgIpc) is 3.04. The molecule has 5 nitrogen and oxygen atoms in total. The van der Waals surface area contributed by atoms with Crippen LogP contribution < -0.4 is 10.6 Å². The van der Waals surface area contributed by atoms with Gasteiger partial charge in [-0.2, -0.15) is 0 Å². The molecule has 1 heterocycles. The second kappa shape index (κ2) is 7.06. The first-order valence-corrected chi connectivity index (χ1v) is 8.14. The SMILES string of the molecule is CC(=O)Nc1ccccc1C(=O)Nc1ncc(-c2ccccc2)s1. The first-order valence-electron chi connectivity index (χ1n) is 7.33. The lowest BCUT2D eigenvalue weighted by atomic mass is 10.1. The van der Waals surface area contributed by atoms with Gasteiger partial charge in [0.2, 0.25) is 5.91 Å². The van der Waals surface area contributed by atoms with Crippen LogP contribution in [0.3, 0.4) is 0 Å². The number of nitrogens with zero attached hydrogens (tertiary/aromatic N) is 1. The molecule has 2 aromatic carbocycles. The Morgan fingerprint density at radius 3 is 2.42 bits per heavy atom. The van der Waals surface area contributed by atoms with E-state index >= 15 is 0 Å². The topological polar surface area (TPSA) is 71.1 Å². The van der Waals surface area contributed by atoms with Gasteiger partial charge in [-0.15, -0.1) is 0 Å². The maximum Gasteiger partial charge on any atom is 0.259 e. The minimum absolute atomic E-state index is 0.226. The highest BCUT2D eigenvalue weighted by Gasteiger charge is 2.14. The summed E-state index contributed by atoms with van der Waals surface area (Å²) < 4.78 is 0. The van der Waals surface area contributed by atoms with Gasteiger partial charge in [-0.05, 0) is 17.7 Å². The lowest BCUT2D eigenvalue weighted by molar-refractivity contribution is -0.114. The van der Waals surface area contributed by atoms with Gasteiger partial charge in [0, 0.05) is 13.1 Å². The van der Waals surface area contributed by atoms with Gasteiger partial charge in [-0.25, -0.2) is 4.98 Å². The van der Waals surface area contributed by atoms with Crippen molar-refractivity contribution in [3.05, 3.63) is 66.4 Å². The summed E-state index contributed by atoms with van der Waals surface area (Å²) in [6.45, 7) is 1.40. The molecule has 0 saturated heterocycles. The molecule has 0 aliphatic heterocycles. The Balaban J connectivity index is 1.79. The molecule has 0 atom stereocenters. The number of aromatic nitrogens is 1. The van der Waals surface area contributed by atoms with Crippen molar-refractivity contribution in [2.24, 2.45) is 0 Å². The molecule has 0 aliphatic rings. The van der Waals surface area contributed by atoms with E-state index < -0.39 is 0 Å². The number of thiazole rings is 1. The number of hydrogen-bond acceptors (Lipinski definition) is 4. The highest BCUT2D eigenvalue weighted by molar-refractivity contribution is 7.19. The molecule has 0 bridgehead atoms. The number of carbonyl (C=O) groups is 2. The Morgan fingerprint density at radius 2 is 1.67 bits per heavy atom. The molecule has 3 rings (SSSR count). The molecule has 1 aromatic heterocycles. The molecule has 120 valence electrons. The fourth-order valence-electron chi connectivity index (χ4n) is 2.21. The molecule has 0 unspecified atom stereocenters. The zero-order valence-electron chi connectivity index (χ0n) is 12.9. The molecule has 0 saturated carbocycles. The van der Waals surface area contributed by atoms with Crippen LogP contribution in [0.2, 0.25) is 0 Å². The molecule has 0 fully saturated rings. The van der Waals surface area contributed by atoms with Crippen molar-refractivity contribution in [1.82, 2.24) is 4.98 Å². The van der Waals surface area contributed by atoms with E-state index in [2.05, 4.69) is 15.6 Å². The molecular weight excluding hydrogens is 322 g/mol. The maximum absolute atomic E-state index is 12.5. The number of anilines is 2. The summed E-state index contributed by atoms with van der Waals surface area (Å²) in [6.07, 6.45) is 1.73. The van der Waals surface area contributed by atoms with E-state index in [0.29, 0.717) is 16.4 Å². The van der Waals surface area contributed by atoms with E-state index in [0.717, 1.165) is 10.4 Å². The number of amides is 2. The summed E-state index contributed by atoms with van der Waals surface area (Å²) in [4.78, 5) is 28.9. The van der Waals surface area contributed by atoms with Crippen LogP contribution in [-0.2, 0) is 4.79 Å². The molecule has 2 amide bonds. The molecule has 2 N–H and O–H groups in total. The van der Waals surface area contributed by atoms with Crippen LogP contribution in [0.15, 0.2) is 60.8 Å². The van der Waals surface area contributed by atoms with E-state index in [1.54, 1.807) is 30.5 Å². The van der Waals surface area contributed by atoms with Gasteiger partial charge in [0.15, 0.2) is 5.13 Å². The maximum atomic E-state index is 12.5. The average molecular weight is 337 g/mol. The predicted octanol–water partition coefficient (Wildman–Crippen LogP) is 4.02. The van der Waals surface area contributed by atoms with Crippen molar-refractivity contribution in [2.75, 3.05) is 10.6 Å². The van der Waals surface area contributed by atoms with Crippen molar-refractivity contribution in [3.63, 3.8) is 0 Å². The summed E-state index contributed by atoms with van der Waals surface area (Å²) in [5.41, 5.74) is 1.92. The van der Waals surface area contributed by atoms with Crippen molar-refractivity contribution in [2.45, 2.75) is 6.92 Å². The number of nitrogens with one attached hydrogen (secondary N) is 2. The summed E-state index contributed by atoms with van der Waals surface area (Å²) >= 11 is 1.40. The zero-order chi connectivity index (χ0) is 16.9. The number of carbonyl (C=O) groups excluding carboxylic acids is 2. The van der Waals surface area contributed by atoms with E-state index in [1.165, 1.54) is 18.3 Å². The minimum atomic E-state index is -0.312. The zero-order valence-corrected chi connectivity index (χ0v) is 13.8. The van der Waals surface area contributed by atoms with Gasteiger partial charge in [0.25, 0.3) is 5.91 Å². The van der Waals surface area contributed by atoms with Crippen LogP contribution in [0, 0.1) is 0 Å². The number of rotatable bonds is 4. The normalized spacial score (nSPS) is 10.2. The second-order valence-corrected chi connectivity index (χ2v) is 6.11. The van der Waals surface area contributed by atoms with Crippen LogP contribution in [0.4, 0.5) is 10.8 Å². The third-order valence-corrected chi connectivity index (χ3v) is 4.23. The smallest absolute Gasteiger partial charge is 0.259 e. The number of hydrogen-bond donors (Lipinski definition) is 2. The Morgan fingerprint density at radius 1 is 0.958 bits per heavy atom. The number of benzene rings is 2. The largest absolute Gasteiger partial charge is 0.326 e. The van der Waals surface area contributed by atoms with E-state index in [4.69, 9.17) is 0 Å². The summed E-state index contributed by atoms with van der Waals surface area (Å²) in [5.74, 6) is -0.538. The van der Waals surface area contributed by atoms with Gasteiger partial charge in [0.05, 0.1) is 16.1 Å². The Kier molecular flexibility index (Phi) is 4.67. The van der Waals surface area contributed by atoms with Gasteiger partial charge in [0.1, 0.15) is 0 Å². The van der Waals surface area contributed by atoms with Crippen LogP contribution in [-0.4, -0.2) is 16.8 Å². The van der Waals surface area contributed by atoms with Crippen molar-refractivity contribution >= 4 is 34.0 Å². The van der Waals surface area contributed by atoms with Crippen molar-refractivity contribution in [3.8, 4) is 10.4 Å². The fourth-order valence-corrected chi connectivity index (χ4v) is 3.03. The minimum Gasteiger partial charge on any atom is -0.326 e. The fraction of sp³-hybridized carbons (Fsp3) is 0.0556. The van der Waals surface area contributed by atoms with Gasteiger partial charge >= 0.3 is 0 Å².